The number of rotatable bonds is 5. The minimum absolute atomic E-state index is 0.566. The molecule has 0 spiro atoms. The van der Waals surface area contributed by atoms with E-state index < -0.39 is 0 Å². The fraction of sp³-hybridized carbons (Fsp3) is 0.538. The Labute approximate surface area is 108 Å². The molecule has 2 rings (SSSR count). The van der Waals surface area contributed by atoms with Crippen molar-refractivity contribution in [2.75, 3.05) is 26.4 Å². The molecule has 0 saturated heterocycles. The van der Waals surface area contributed by atoms with Gasteiger partial charge in [0.05, 0.1) is 0 Å². The van der Waals surface area contributed by atoms with Crippen molar-refractivity contribution in [3.05, 3.63) is 17.8 Å². The molecule has 0 bridgehead atoms. The maximum atomic E-state index is 5.97. The molecule has 0 saturated carbocycles. The van der Waals surface area contributed by atoms with Gasteiger partial charge in [0.15, 0.2) is 5.65 Å². The standard InChI is InChI=1S/C13H21N5/c1-10-6-7-15-12-11(10)16-13(14)18(12)9-5-4-8-17(2)3/h6-7H,4-5,8-9H2,1-3H3,(H2,14,16). The Kier molecular flexibility index (Phi) is 3.81. The molecule has 2 N–H and O–H groups in total. The number of imidazole rings is 1. The average molecular weight is 247 g/mol. The van der Waals surface area contributed by atoms with E-state index in [1.807, 2.05) is 23.8 Å². The molecule has 2 aromatic rings. The Bertz CT molecular complexity index is 529. The number of hydrogen-bond acceptors (Lipinski definition) is 4. The lowest BCUT2D eigenvalue weighted by Gasteiger charge is -2.10. The van der Waals surface area contributed by atoms with Crippen molar-refractivity contribution in [1.29, 1.82) is 0 Å². The quantitative estimate of drug-likeness (QED) is 0.816. The number of hydrogen-bond donors (Lipinski definition) is 1. The van der Waals surface area contributed by atoms with Crippen LogP contribution in [0.1, 0.15) is 18.4 Å². The predicted octanol–water partition coefficient (Wildman–Crippen LogP) is 1.66. The minimum Gasteiger partial charge on any atom is -0.369 e. The van der Waals surface area contributed by atoms with Gasteiger partial charge in [0.25, 0.3) is 0 Å². The van der Waals surface area contributed by atoms with E-state index in [1.54, 1.807) is 0 Å². The summed E-state index contributed by atoms with van der Waals surface area (Å²) in [5.41, 5.74) is 8.91. The van der Waals surface area contributed by atoms with Crippen LogP contribution in [0.3, 0.4) is 0 Å². The molecule has 0 aromatic carbocycles. The van der Waals surface area contributed by atoms with E-state index in [0.29, 0.717) is 5.95 Å². The molecule has 0 atom stereocenters. The van der Waals surface area contributed by atoms with Crippen LogP contribution in [-0.2, 0) is 6.54 Å². The molecule has 2 aromatic heterocycles. The number of fused-ring (bicyclic) bond motifs is 1. The molecule has 98 valence electrons. The van der Waals surface area contributed by atoms with Crippen molar-refractivity contribution in [3.8, 4) is 0 Å². The van der Waals surface area contributed by atoms with Crippen LogP contribution >= 0.6 is 0 Å². The number of nitrogen functional groups attached to an aromatic ring is 1. The number of pyridine rings is 1. The molecular formula is C13H21N5. The number of aryl methyl sites for hydroxylation is 2. The largest absolute Gasteiger partial charge is 0.369 e. The van der Waals surface area contributed by atoms with E-state index in [0.717, 1.165) is 42.7 Å². The molecule has 18 heavy (non-hydrogen) atoms. The third-order valence-electron chi connectivity index (χ3n) is 3.10. The lowest BCUT2D eigenvalue weighted by Crippen LogP contribution is -2.14. The first-order chi connectivity index (χ1) is 8.59. The van der Waals surface area contributed by atoms with E-state index in [1.165, 1.54) is 0 Å². The number of aromatic nitrogens is 3. The Morgan fingerprint density at radius 1 is 1.33 bits per heavy atom. The summed E-state index contributed by atoms with van der Waals surface area (Å²) in [5, 5.41) is 0. The molecule has 5 nitrogen and oxygen atoms in total. The molecule has 0 aliphatic heterocycles. The summed E-state index contributed by atoms with van der Waals surface area (Å²) < 4.78 is 2.01. The Balaban J connectivity index is 2.13. The Morgan fingerprint density at radius 3 is 2.83 bits per heavy atom. The molecular weight excluding hydrogens is 226 g/mol. The van der Waals surface area contributed by atoms with Crippen LogP contribution < -0.4 is 5.73 Å². The average Bonchev–Trinajstić information content (AvgIpc) is 2.63. The molecule has 0 aliphatic rings. The zero-order valence-electron chi connectivity index (χ0n) is 11.3. The normalized spacial score (nSPS) is 11.6. The van der Waals surface area contributed by atoms with Crippen molar-refractivity contribution < 1.29 is 0 Å². The summed E-state index contributed by atoms with van der Waals surface area (Å²) in [6.45, 7) is 4.01. The highest BCUT2D eigenvalue weighted by Crippen LogP contribution is 2.19. The highest BCUT2D eigenvalue weighted by Gasteiger charge is 2.10. The molecule has 0 radical (unpaired) electrons. The summed E-state index contributed by atoms with van der Waals surface area (Å²) in [7, 11) is 4.18. The first-order valence-corrected chi connectivity index (χ1v) is 6.31. The SMILES string of the molecule is Cc1ccnc2c1nc(N)n2CCCCN(C)C. The lowest BCUT2D eigenvalue weighted by molar-refractivity contribution is 0.388. The predicted molar refractivity (Wildman–Crippen MR) is 74.5 cm³/mol. The third-order valence-corrected chi connectivity index (χ3v) is 3.10. The van der Waals surface area contributed by atoms with Gasteiger partial charge in [-0.05, 0) is 52.0 Å². The molecule has 2 heterocycles. The maximum absolute atomic E-state index is 5.97. The minimum atomic E-state index is 0.566. The monoisotopic (exact) mass is 247 g/mol. The van der Waals surface area contributed by atoms with Crippen molar-refractivity contribution in [1.82, 2.24) is 19.4 Å². The van der Waals surface area contributed by atoms with Gasteiger partial charge in [0.2, 0.25) is 5.95 Å². The summed E-state index contributed by atoms with van der Waals surface area (Å²) in [4.78, 5) is 11.0. The highest BCUT2D eigenvalue weighted by atomic mass is 15.2. The smallest absolute Gasteiger partial charge is 0.202 e. The first kappa shape index (κ1) is 12.8. The molecule has 5 heteroatoms. The lowest BCUT2D eigenvalue weighted by atomic mass is 10.2. The van der Waals surface area contributed by atoms with Gasteiger partial charge in [-0.25, -0.2) is 9.97 Å². The van der Waals surface area contributed by atoms with E-state index in [9.17, 15) is 0 Å². The van der Waals surface area contributed by atoms with Gasteiger partial charge in [-0.2, -0.15) is 0 Å². The van der Waals surface area contributed by atoms with Gasteiger partial charge >= 0.3 is 0 Å². The Hall–Kier alpha value is -1.62. The number of nitrogens with zero attached hydrogens (tertiary/aromatic N) is 4. The second kappa shape index (κ2) is 5.35. The van der Waals surface area contributed by atoms with Crippen LogP contribution in [0.2, 0.25) is 0 Å². The highest BCUT2D eigenvalue weighted by molar-refractivity contribution is 5.77. The van der Waals surface area contributed by atoms with Gasteiger partial charge in [0, 0.05) is 12.7 Å². The van der Waals surface area contributed by atoms with E-state index in [4.69, 9.17) is 5.73 Å². The van der Waals surface area contributed by atoms with Gasteiger partial charge in [-0.3, -0.25) is 4.57 Å². The summed E-state index contributed by atoms with van der Waals surface area (Å²) in [6, 6.07) is 1.96. The van der Waals surface area contributed by atoms with Crippen LogP contribution in [-0.4, -0.2) is 40.1 Å². The van der Waals surface area contributed by atoms with Crippen molar-refractivity contribution in [2.45, 2.75) is 26.3 Å². The number of anilines is 1. The maximum Gasteiger partial charge on any atom is 0.202 e. The van der Waals surface area contributed by atoms with Crippen LogP contribution in [0.15, 0.2) is 12.3 Å². The van der Waals surface area contributed by atoms with E-state index in [2.05, 4.69) is 29.0 Å². The zero-order chi connectivity index (χ0) is 13.1. The second-order valence-electron chi connectivity index (χ2n) is 4.93. The number of nitrogens with two attached hydrogens (primary N) is 1. The third kappa shape index (κ3) is 2.61. The molecule has 0 fully saturated rings. The summed E-state index contributed by atoms with van der Waals surface area (Å²) in [5.74, 6) is 0.566. The van der Waals surface area contributed by atoms with Crippen molar-refractivity contribution in [2.24, 2.45) is 0 Å². The second-order valence-corrected chi connectivity index (χ2v) is 4.93. The van der Waals surface area contributed by atoms with Crippen molar-refractivity contribution in [3.63, 3.8) is 0 Å². The molecule has 0 aliphatic carbocycles. The first-order valence-electron chi connectivity index (χ1n) is 6.31. The fourth-order valence-electron chi connectivity index (χ4n) is 2.07. The molecule has 0 amide bonds. The van der Waals surface area contributed by atoms with E-state index >= 15 is 0 Å². The van der Waals surface area contributed by atoms with Gasteiger partial charge in [-0.1, -0.05) is 0 Å². The fourth-order valence-corrected chi connectivity index (χ4v) is 2.07. The molecule has 0 unspecified atom stereocenters. The van der Waals surface area contributed by atoms with Gasteiger partial charge in [-0.15, -0.1) is 0 Å². The zero-order valence-corrected chi connectivity index (χ0v) is 11.3. The van der Waals surface area contributed by atoms with Crippen LogP contribution in [0.25, 0.3) is 11.2 Å². The topological polar surface area (TPSA) is 60.0 Å². The van der Waals surface area contributed by atoms with Crippen molar-refractivity contribution >= 4 is 17.1 Å². The van der Waals surface area contributed by atoms with Gasteiger partial charge in [0.1, 0.15) is 5.52 Å². The Morgan fingerprint density at radius 2 is 2.11 bits per heavy atom. The van der Waals surface area contributed by atoms with Gasteiger partial charge < -0.3 is 10.6 Å². The van der Waals surface area contributed by atoms with Crippen LogP contribution in [0.5, 0.6) is 0 Å². The van der Waals surface area contributed by atoms with Crippen LogP contribution in [0, 0.1) is 6.92 Å². The van der Waals surface area contributed by atoms with Crippen LogP contribution in [0.4, 0.5) is 5.95 Å². The summed E-state index contributed by atoms with van der Waals surface area (Å²) in [6.07, 6.45) is 4.05. The summed E-state index contributed by atoms with van der Waals surface area (Å²) >= 11 is 0. The number of unbranched alkanes of at least 4 members (excludes halogenated alkanes) is 1. The van der Waals surface area contributed by atoms with E-state index in [-0.39, 0.29) is 0 Å².